The Morgan fingerprint density at radius 1 is 0.352 bits per heavy atom. The molecule has 0 aromatic heterocycles. The Labute approximate surface area is 742 Å². The predicted molar refractivity (Wildman–Crippen MR) is 379 cm³/mol. The van der Waals surface area contributed by atoms with Gasteiger partial charge in [0.1, 0.15) is 34.5 Å². The van der Waals surface area contributed by atoms with Crippen LogP contribution in [0.5, 0.6) is 34.5 Å². The Kier molecular flexibility index (Phi) is 49.6. The fraction of sp³-hybridized carbons (Fsp3) is 0.417. The molecule has 0 bridgehead atoms. The van der Waals surface area contributed by atoms with Crippen LogP contribution in [-0.4, -0.2) is 140 Å². The first kappa shape index (κ1) is 99.3. The number of benzene rings is 6. The van der Waals surface area contributed by atoms with Gasteiger partial charge in [0.05, 0.1) is 72.6 Å². The van der Waals surface area contributed by atoms with Crippen LogP contribution in [-0.2, 0) is 61.7 Å². The van der Waals surface area contributed by atoms with Gasteiger partial charge in [-0.3, -0.25) is 14.4 Å². The zero-order valence-corrected chi connectivity index (χ0v) is 73.1. The maximum atomic E-state index is 12.8. The standard InChI is InChI=1S/3C24H33N2O7P.3K/c3*1-17(2)15-21(25-13-6-14-34(31,32)33-20-7-4-3-5-8-20)23(28)26-22(24(29)30)16-18-9-11-19(27)12-10-18;;;/h3*3-5,7-12,17,21-22,25,27H,6,13-16H2,1-2H3,(H,26,28)(H,29,30)(H,31,32);;;/q;;;3*+1/p-3/t3*21-,22-;;;/m000.../s1. The summed E-state index contributed by atoms with van der Waals surface area (Å²) < 4.78 is 52.4. The largest absolute Gasteiger partial charge is 1.00 e. The number of phenolic OH excluding ortho intramolecular Hbond substituents is 3. The van der Waals surface area contributed by atoms with Crippen molar-refractivity contribution in [2.24, 2.45) is 17.8 Å². The third-order valence-corrected chi connectivity index (χ3v) is 19.1. The molecule has 105 heavy (non-hydrogen) atoms. The molecule has 0 heterocycles. The Morgan fingerprint density at radius 3 is 0.752 bits per heavy atom. The summed E-state index contributed by atoms with van der Waals surface area (Å²) >= 11 is 0. The molecule has 0 radical (unpaired) electrons. The van der Waals surface area contributed by atoms with Crippen molar-refractivity contribution in [3.05, 3.63) is 180 Å². The molecular weight excluding hydrogens is 1500 g/mol. The van der Waals surface area contributed by atoms with Crippen molar-refractivity contribution < 1.29 is 256 Å². The van der Waals surface area contributed by atoms with Crippen molar-refractivity contribution in [3.63, 3.8) is 0 Å². The smallest absolute Gasteiger partial charge is 0.548 e. The number of rotatable bonds is 42. The van der Waals surface area contributed by atoms with E-state index in [4.69, 9.17) is 13.6 Å². The first-order chi connectivity index (χ1) is 48.2. The Hall–Kier alpha value is -3.70. The number of carbonyl (C=O) groups is 6. The van der Waals surface area contributed by atoms with Crippen LogP contribution in [0.3, 0.4) is 0 Å². The number of hydrogen-bond donors (Lipinski definition) is 12. The maximum Gasteiger partial charge on any atom is 1.00 e. The molecule has 0 spiro atoms. The second kappa shape index (κ2) is 52.5. The van der Waals surface area contributed by atoms with Crippen molar-refractivity contribution in [1.29, 1.82) is 0 Å². The summed E-state index contributed by atoms with van der Waals surface area (Å²) in [5.74, 6) is -4.19. The van der Waals surface area contributed by atoms with Gasteiger partial charge in [0.2, 0.25) is 17.7 Å². The van der Waals surface area contributed by atoms with Crippen LogP contribution < -0.4 is 215 Å². The minimum atomic E-state index is -3.85. The molecule has 0 saturated heterocycles. The van der Waals surface area contributed by atoms with Crippen LogP contribution in [0.4, 0.5) is 0 Å². The van der Waals surface area contributed by atoms with Gasteiger partial charge in [-0.1, -0.05) is 133 Å². The first-order valence-corrected chi connectivity index (χ1v) is 38.7. The molecule has 0 saturated carbocycles. The van der Waals surface area contributed by atoms with Crippen LogP contribution in [0, 0.1) is 17.8 Å². The van der Waals surface area contributed by atoms with E-state index in [0.29, 0.717) is 53.2 Å². The van der Waals surface area contributed by atoms with E-state index >= 15 is 0 Å². The van der Waals surface area contributed by atoms with Crippen molar-refractivity contribution >= 4 is 58.4 Å². The minimum absolute atomic E-state index is 0. The van der Waals surface area contributed by atoms with Crippen LogP contribution in [0.1, 0.15) is 96.8 Å². The van der Waals surface area contributed by atoms with Gasteiger partial charge >= 0.3 is 177 Å². The molecule has 6 aromatic rings. The average Bonchev–Trinajstić information content (AvgIpc) is 0.881. The molecule has 0 fully saturated rings. The van der Waals surface area contributed by atoms with E-state index in [1.165, 1.54) is 36.4 Å². The fourth-order valence-corrected chi connectivity index (χ4v) is 13.3. The van der Waals surface area contributed by atoms with E-state index in [9.17, 15) is 87.8 Å². The normalized spacial score (nSPS) is 14.3. The minimum Gasteiger partial charge on any atom is -0.548 e. The van der Waals surface area contributed by atoms with Gasteiger partial charge in [0.15, 0.2) is 0 Å². The summed E-state index contributed by atoms with van der Waals surface area (Å²) in [5.41, 5.74) is 1.87. The molecule has 9 atom stereocenters. The zero-order valence-electron chi connectivity index (χ0n) is 61.0. The molecule has 0 aliphatic rings. The zero-order chi connectivity index (χ0) is 75.4. The number of hydrogen-bond acceptors (Lipinski definition) is 21. The molecule has 3 amide bonds. The predicted octanol–water partition coefficient (Wildman–Crippen LogP) is -3.50. The Balaban J connectivity index is 0.000000776. The van der Waals surface area contributed by atoms with Gasteiger partial charge in [-0.05, 0) is 185 Å². The molecule has 0 aliphatic carbocycles. The summed E-state index contributed by atoms with van der Waals surface area (Å²) in [6.45, 7) is 12.4. The van der Waals surface area contributed by atoms with Crippen molar-refractivity contribution in [2.75, 3.05) is 38.1 Å². The molecule has 12 N–H and O–H groups in total. The second-order valence-corrected chi connectivity index (χ2v) is 31.2. The molecular formula is C72H96K3N6O21P3. The third-order valence-electron chi connectivity index (χ3n) is 15.0. The number of amides is 3. The summed E-state index contributed by atoms with van der Waals surface area (Å²) in [6, 6.07) is 37.4. The summed E-state index contributed by atoms with van der Waals surface area (Å²) in [4.78, 5) is 104. The summed E-state index contributed by atoms with van der Waals surface area (Å²) in [5, 5.41) is 79.7. The fourth-order valence-electron chi connectivity index (χ4n) is 10.0. The van der Waals surface area contributed by atoms with Gasteiger partial charge < -0.3 is 105 Å². The number of aromatic hydroxyl groups is 3. The van der Waals surface area contributed by atoms with E-state index in [2.05, 4.69) is 31.9 Å². The van der Waals surface area contributed by atoms with E-state index in [0.717, 1.165) is 0 Å². The topological polar surface area (TPSA) is 444 Å². The van der Waals surface area contributed by atoms with E-state index in [1.54, 1.807) is 127 Å². The van der Waals surface area contributed by atoms with Gasteiger partial charge in [-0.25, -0.2) is 13.7 Å². The average molecular weight is 1590 g/mol. The molecule has 27 nitrogen and oxygen atoms in total. The van der Waals surface area contributed by atoms with Crippen molar-refractivity contribution in [2.45, 2.75) is 136 Å². The number of phenols is 3. The number of nitrogens with one attached hydrogen (secondary N) is 6. The van der Waals surface area contributed by atoms with Gasteiger partial charge in [-0.15, -0.1) is 0 Å². The van der Waals surface area contributed by atoms with E-state index < -0.39 is 94.7 Å². The maximum absolute atomic E-state index is 12.8. The van der Waals surface area contributed by atoms with Crippen LogP contribution >= 0.6 is 22.8 Å². The van der Waals surface area contributed by atoms with Crippen LogP contribution in [0.15, 0.2) is 164 Å². The van der Waals surface area contributed by atoms with Gasteiger partial charge in [0, 0.05) is 0 Å². The van der Waals surface area contributed by atoms with Gasteiger partial charge in [0.25, 0.3) is 0 Å². The van der Waals surface area contributed by atoms with Crippen molar-refractivity contribution in [1.82, 2.24) is 31.9 Å². The molecule has 3 unspecified atom stereocenters. The quantitative estimate of drug-likeness (QED) is 0.0100. The van der Waals surface area contributed by atoms with E-state index in [1.807, 2.05) is 41.5 Å². The van der Waals surface area contributed by atoms with E-state index in [-0.39, 0.29) is 266 Å². The number of carbonyl (C=O) groups excluding carboxylic acids is 6. The number of carboxylic acid groups (broad SMARTS) is 3. The Morgan fingerprint density at radius 2 is 0.562 bits per heavy atom. The molecule has 33 heteroatoms. The number of carboxylic acids is 3. The number of aliphatic carboxylic acids is 3. The molecule has 6 aromatic carbocycles. The third kappa shape index (κ3) is 43.5. The molecule has 558 valence electrons. The Bertz CT molecular complexity index is 3300. The molecule has 0 aliphatic heterocycles. The van der Waals surface area contributed by atoms with Crippen molar-refractivity contribution in [3.8, 4) is 34.5 Å². The monoisotopic (exact) mass is 1590 g/mol. The first-order valence-electron chi connectivity index (χ1n) is 33.4. The SMILES string of the molecule is CC(C)C[C@H](NCCCP(=O)(O)Oc1ccccc1)C(=O)N[C@@H](Cc1ccc(O)cc1)C(=O)[O-].CC(C)C[C@H](NCCCP(=O)(O)Oc1ccccc1)C(=O)N[C@@H](Cc1ccc(O)cc1)C(=O)[O-].CC(C)C[C@H](NCCCP(=O)(O)Oc1ccccc1)C(=O)N[C@@H](Cc1ccc(O)cc1)C(=O)[O-].[K+].[K+].[K+]. The summed E-state index contributed by atoms with van der Waals surface area (Å²) in [7, 11) is -11.5. The van der Waals surface area contributed by atoms with Crippen LogP contribution in [0.2, 0.25) is 0 Å². The summed E-state index contributed by atoms with van der Waals surface area (Å²) in [6.07, 6.45) is 1.88. The van der Waals surface area contributed by atoms with Gasteiger partial charge in [-0.2, -0.15) is 0 Å². The number of para-hydroxylation sites is 3. The van der Waals surface area contributed by atoms with Crippen LogP contribution in [0.25, 0.3) is 0 Å². The second-order valence-electron chi connectivity index (χ2n) is 25.5. The molecule has 6 rings (SSSR count).